The topological polar surface area (TPSA) is 52.6 Å². The number of aromatic nitrogens is 1. The molecule has 0 aliphatic carbocycles. The lowest BCUT2D eigenvalue weighted by Crippen LogP contribution is -2.48. The minimum absolute atomic E-state index is 0. The van der Waals surface area contributed by atoms with Crippen molar-refractivity contribution in [1.82, 2.24) is 15.6 Å². The molecule has 0 atom stereocenters. The lowest BCUT2D eigenvalue weighted by molar-refractivity contribution is 0.459. The Morgan fingerprint density at radius 3 is 2.46 bits per heavy atom. The average Bonchev–Trinajstić information content (AvgIpc) is 2.72. The fraction of sp³-hybridized carbons (Fsp3) is 0.455. The zero-order chi connectivity index (χ0) is 19.1. The van der Waals surface area contributed by atoms with Crippen molar-refractivity contribution in [3.8, 4) is 0 Å². The summed E-state index contributed by atoms with van der Waals surface area (Å²) in [5.41, 5.74) is 3.93. The van der Waals surface area contributed by atoms with E-state index in [4.69, 9.17) is 0 Å². The Balaban J connectivity index is 0.00000280. The van der Waals surface area contributed by atoms with Crippen LogP contribution in [0.2, 0.25) is 0 Å². The van der Waals surface area contributed by atoms with Crippen molar-refractivity contribution in [3.05, 3.63) is 59.3 Å². The fourth-order valence-corrected chi connectivity index (χ4v) is 3.54. The number of pyridine rings is 1. The molecule has 0 spiro atoms. The molecule has 0 saturated carbocycles. The molecule has 0 unspecified atom stereocenters. The molecule has 2 heterocycles. The molecule has 3 rings (SSSR count). The van der Waals surface area contributed by atoms with Gasteiger partial charge in [0.15, 0.2) is 5.96 Å². The van der Waals surface area contributed by atoms with E-state index in [1.54, 1.807) is 0 Å². The quantitative estimate of drug-likeness (QED) is 0.377. The number of rotatable bonds is 5. The van der Waals surface area contributed by atoms with Crippen molar-refractivity contribution in [1.29, 1.82) is 0 Å². The summed E-state index contributed by atoms with van der Waals surface area (Å²) in [4.78, 5) is 11.3. The van der Waals surface area contributed by atoms with Gasteiger partial charge in [0.2, 0.25) is 0 Å². The maximum absolute atomic E-state index is 4.55. The molecule has 1 aliphatic rings. The zero-order valence-electron chi connectivity index (χ0n) is 17.1. The van der Waals surface area contributed by atoms with Crippen molar-refractivity contribution in [2.75, 3.05) is 25.0 Å². The molecule has 2 N–H and O–H groups in total. The molecule has 1 aliphatic heterocycles. The van der Waals surface area contributed by atoms with Crippen LogP contribution in [0.4, 0.5) is 5.82 Å². The summed E-state index contributed by atoms with van der Waals surface area (Å²) in [6.45, 7) is 7.11. The lowest BCUT2D eigenvalue weighted by Gasteiger charge is -2.33. The highest BCUT2D eigenvalue weighted by molar-refractivity contribution is 14.0. The Kier molecular flexibility index (Phi) is 9.02. The Morgan fingerprint density at radius 1 is 1.14 bits per heavy atom. The summed E-state index contributed by atoms with van der Waals surface area (Å²) in [6.07, 6.45) is 5.17. The standard InChI is InChI=1S/C22H31N5.HI/c1-4-18-7-5-6-8-19(18)16-25-22(23-3)26-20-11-13-27(14-12-20)21-10-9-17(2)15-24-21;/h5-10,15,20H,4,11-14,16H2,1-3H3,(H2,23,25,26);1H. The van der Waals surface area contributed by atoms with Crippen molar-refractivity contribution in [2.45, 2.75) is 45.7 Å². The summed E-state index contributed by atoms with van der Waals surface area (Å²) in [7, 11) is 1.84. The molecule has 1 aromatic carbocycles. The highest BCUT2D eigenvalue weighted by Gasteiger charge is 2.20. The highest BCUT2D eigenvalue weighted by Crippen LogP contribution is 2.18. The maximum Gasteiger partial charge on any atom is 0.191 e. The van der Waals surface area contributed by atoms with Crippen LogP contribution in [0.25, 0.3) is 0 Å². The van der Waals surface area contributed by atoms with E-state index in [1.165, 1.54) is 16.7 Å². The van der Waals surface area contributed by atoms with Gasteiger partial charge in [-0.3, -0.25) is 4.99 Å². The van der Waals surface area contributed by atoms with Crippen molar-refractivity contribution in [3.63, 3.8) is 0 Å². The van der Waals surface area contributed by atoms with Gasteiger partial charge in [-0.1, -0.05) is 37.3 Å². The number of hydrogen-bond acceptors (Lipinski definition) is 3. The molecule has 6 heteroatoms. The number of halogens is 1. The van der Waals surface area contributed by atoms with E-state index in [0.717, 1.165) is 50.7 Å². The zero-order valence-corrected chi connectivity index (χ0v) is 19.4. The van der Waals surface area contributed by atoms with Gasteiger partial charge in [0.25, 0.3) is 0 Å². The summed E-state index contributed by atoms with van der Waals surface area (Å²) < 4.78 is 0. The number of benzene rings is 1. The Labute approximate surface area is 186 Å². The van der Waals surface area contributed by atoms with Gasteiger partial charge >= 0.3 is 0 Å². The molecule has 0 amide bonds. The van der Waals surface area contributed by atoms with Gasteiger partial charge in [-0.2, -0.15) is 0 Å². The number of nitrogens with one attached hydrogen (secondary N) is 2. The first-order chi connectivity index (χ1) is 13.2. The third kappa shape index (κ3) is 6.09. The van der Waals surface area contributed by atoms with E-state index in [0.29, 0.717) is 6.04 Å². The van der Waals surface area contributed by atoms with Gasteiger partial charge in [0.1, 0.15) is 5.82 Å². The maximum atomic E-state index is 4.55. The molecule has 28 heavy (non-hydrogen) atoms. The minimum atomic E-state index is 0. The predicted molar refractivity (Wildman–Crippen MR) is 129 cm³/mol. The highest BCUT2D eigenvalue weighted by atomic mass is 127. The number of guanidine groups is 1. The van der Waals surface area contributed by atoms with Crippen molar-refractivity contribution in [2.24, 2.45) is 4.99 Å². The molecule has 2 aromatic rings. The van der Waals surface area contributed by atoms with Crippen molar-refractivity contribution < 1.29 is 0 Å². The number of aryl methyl sites for hydroxylation is 2. The largest absolute Gasteiger partial charge is 0.356 e. The van der Waals surface area contributed by atoms with Gasteiger partial charge in [-0.25, -0.2) is 4.98 Å². The van der Waals surface area contributed by atoms with Crippen LogP contribution in [0.1, 0.15) is 36.5 Å². The third-order valence-electron chi connectivity index (χ3n) is 5.22. The molecule has 152 valence electrons. The second-order valence-corrected chi connectivity index (χ2v) is 7.15. The summed E-state index contributed by atoms with van der Waals surface area (Å²) in [5.74, 6) is 1.96. The normalized spacial score (nSPS) is 15.1. The van der Waals surface area contributed by atoms with Crippen molar-refractivity contribution >= 4 is 35.8 Å². The Bertz CT molecular complexity index is 752. The lowest BCUT2D eigenvalue weighted by atomic mass is 10.0. The second-order valence-electron chi connectivity index (χ2n) is 7.15. The number of piperidine rings is 1. The first-order valence-electron chi connectivity index (χ1n) is 9.91. The molecule has 1 fully saturated rings. The van der Waals surface area contributed by atoms with Crippen LogP contribution < -0.4 is 15.5 Å². The van der Waals surface area contributed by atoms with E-state index in [2.05, 4.69) is 75.8 Å². The molecular formula is C22H32IN5. The van der Waals surface area contributed by atoms with E-state index in [9.17, 15) is 0 Å². The Morgan fingerprint density at radius 2 is 1.86 bits per heavy atom. The van der Waals surface area contributed by atoms with Crippen LogP contribution >= 0.6 is 24.0 Å². The van der Waals surface area contributed by atoms with E-state index < -0.39 is 0 Å². The molecule has 1 saturated heterocycles. The van der Waals surface area contributed by atoms with E-state index >= 15 is 0 Å². The van der Waals surface area contributed by atoms with Crippen LogP contribution in [0, 0.1) is 6.92 Å². The predicted octanol–water partition coefficient (Wildman–Crippen LogP) is 3.90. The molecular weight excluding hydrogens is 461 g/mol. The molecule has 0 bridgehead atoms. The molecule has 5 nitrogen and oxygen atoms in total. The van der Waals surface area contributed by atoms with Gasteiger partial charge in [-0.05, 0) is 48.9 Å². The van der Waals surface area contributed by atoms with Gasteiger partial charge in [-0.15, -0.1) is 24.0 Å². The number of nitrogens with zero attached hydrogens (tertiary/aromatic N) is 3. The number of aliphatic imine (C=N–C) groups is 1. The SMILES string of the molecule is CCc1ccccc1CNC(=NC)NC1CCN(c2ccc(C)cn2)CC1.I. The van der Waals surface area contributed by atoms with Crippen LogP contribution in [-0.2, 0) is 13.0 Å². The molecule has 0 radical (unpaired) electrons. The van der Waals surface area contributed by atoms with Crippen LogP contribution in [0.15, 0.2) is 47.6 Å². The summed E-state index contributed by atoms with van der Waals surface area (Å²) in [5, 5.41) is 7.06. The first kappa shape index (κ1) is 22.5. The van der Waals surface area contributed by atoms with Gasteiger partial charge in [0.05, 0.1) is 0 Å². The van der Waals surface area contributed by atoms with E-state index in [-0.39, 0.29) is 24.0 Å². The van der Waals surface area contributed by atoms with Crippen LogP contribution in [-0.4, -0.2) is 37.1 Å². The Hall–Kier alpha value is -1.83. The van der Waals surface area contributed by atoms with Crippen LogP contribution in [0.3, 0.4) is 0 Å². The fourth-order valence-electron chi connectivity index (χ4n) is 3.54. The monoisotopic (exact) mass is 493 g/mol. The van der Waals surface area contributed by atoms with Gasteiger partial charge in [0, 0.05) is 38.9 Å². The third-order valence-corrected chi connectivity index (χ3v) is 5.22. The second kappa shape index (κ2) is 11.2. The number of hydrogen-bond donors (Lipinski definition) is 2. The summed E-state index contributed by atoms with van der Waals surface area (Å²) >= 11 is 0. The average molecular weight is 493 g/mol. The summed E-state index contributed by atoms with van der Waals surface area (Å²) in [6, 6.07) is 13.3. The van der Waals surface area contributed by atoms with E-state index in [1.807, 2.05) is 13.2 Å². The number of anilines is 1. The molecule has 1 aromatic heterocycles. The minimum Gasteiger partial charge on any atom is -0.356 e. The smallest absolute Gasteiger partial charge is 0.191 e. The first-order valence-corrected chi connectivity index (χ1v) is 9.91. The van der Waals surface area contributed by atoms with Crippen LogP contribution in [0.5, 0.6) is 0 Å². The van der Waals surface area contributed by atoms with Gasteiger partial charge < -0.3 is 15.5 Å².